The average Bonchev–Trinajstić information content (AvgIpc) is 2.53. The fourth-order valence-electron chi connectivity index (χ4n) is 1.78. The molecule has 23 heavy (non-hydrogen) atoms. The van der Waals surface area contributed by atoms with Gasteiger partial charge in [-0.3, -0.25) is 4.79 Å². The van der Waals surface area contributed by atoms with Gasteiger partial charge in [0.2, 0.25) is 0 Å². The average molecular weight is 358 g/mol. The fraction of sp³-hybridized carbons (Fsp3) is 0.188. The Hall–Kier alpha value is -1.63. The van der Waals surface area contributed by atoms with Gasteiger partial charge in [-0.25, -0.2) is 8.78 Å². The molecule has 7 heteroatoms. The van der Waals surface area contributed by atoms with Crippen LogP contribution in [0, 0.1) is 11.6 Å². The largest absolute Gasteiger partial charge is 0.396 e. The van der Waals surface area contributed by atoms with Crippen LogP contribution in [0.2, 0.25) is 5.02 Å². The minimum absolute atomic E-state index is 0.0279. The van der Waals surface area contributed by atoms with E-state index in [0.717, 1.165) is 6.07 Å². The van der Waals surface area contributed by atoms with Gasteiger partial charge >= 0.3 is 0 Å². The summed E-state index contributed by atoms with van der Waals surface area (Å²) in [5, 5.41) is 11.2. The lowest BCUT2D eigenvalue weighted by Gasteiger charge is -2.08. The quantitative estimate of drug-likeness (QED) is 0.597. The molecule has 2 rings (SSSR count). The Balaban J connectivity index is 2.12. The van der Waals surface area contributed by atoms with Gasteiger partial charge in [0.05, 0.1) is 5.02 Å². The van der Waals surface area contributed by atoms with E-state index in [4.69, 9.17) is 16.7 Å². The van der Waals surface area contributed by atoms with Crippen LogP contribution < -0.4 is 5.32 Å². The van der Waals surface area contributed by atoms with Gasteiger partial charge in [-0.2, -0.15) is 0 Å². The maximum atomic E-state index is 13.7. The summed E-state index contributed by atoms with van der Waals surface area (Å²) in [5.74, 6) is -0.897. The van der Waals surface area contributed by atoms with Gasteiger partial charge in [0.1, 0.15) is 11.6 Å². The standard InChI is InChI=1S/C16H14ClF2NO2S/c17-12-9-11(3-5-13(12)18)20-16(22)10-2-4-14(19)15(8-10)23-7-1-6-21/h2-5,8-9,21H,1,6-7H2,(H,20,22). The second kappa shape index (κ2) is 8.29. The van der Waals surface area contributed by atoms with E-state index in [0.29, 0.717) is 22.8 Å². The van der Waals surface area contributed by atoms with Crippen molar-refractivity contribution in [1.82, 2.24) is 0 Å². The van der Waals surface area contributed by atoms with Gasteiger partial charge < -0.3 is 10.4 Å². The molecule has 0 aliphatic carbocycles. The summed E-state index contributed by atoms with van der Waals surface area (Å²) in [6.45, 7) is 0.0279. The SMILES string of the molecule is O=C(Nc1ccc(F)c(Cl)c1)c1ccc(F)c(SCCCO)c1. The van der Waals surface area contributed by atoms with Crippen LogP contribution in [-0.4, -0.2) is 23.4 Å². The molecule has 0 heterocycles. The second-order valence-corrected chi connectivity index (χ2v) is 6.20. The molecule has 0 saturated carbocycles. The Bertz CT molecular complexity index is 712. The lowest BCUT2D eigenvalue weighted by Crippen LogP contribution is -2.12. The Morgan fingerprint density at radius 2 is 1.91 bits per heavy atom. The summed E-state index contributed by atoms with van der Waals surface area (Å²) in [5.41, 5.74) is 0.624. The highest BCUT2D eigenvalue weighted by molar-refractivity contribution is 7.99. The molecule has 0 fully saturated rings. The summed E-state index contributed by atoms with van der Waals surface area (Å²) < 4.78 is 26.8. The highest BCUT2D eigenvalue weighted by atomic mass is 35.5. The number of amides is 1. The van der Waals surface area contributed by atoms with Crippen molar-refractivity contribution in [3.05, 3.63) is 58.6 Å². The van der Waals surface area contributed by atoms with E-state index in [-0.39, 0.29) is 17.2 Å². The van der Waals surface area contributed by atoms with Crippen LogP contribution in [0.25, 0.3) is 0 Å². The maximum absolute atomic E-state index is 13.7. The van der Waals surface area contributed by atoms with Crippen LogP contribution in [0.5, 0.6) is 0 Å². The normalized spacial score (nSPS) is 10.6. The number of anilines is 1. The van der Waals surface area contributed by atoms with E-state index in [2.05, 4.69) is 5.32 Å². The Kier molecular flexibility index (Phi) is 6.38. The molecule has 0 unspecified atom stereocenters. The Morgan fingerprint density at radius 1 is 1.17 bits per heavy atom. The first-order chi connectivity index (χ1) is 11.0. The first-order valence-corrected chi connectivity index (χ1v) is 8.17. The van der Waals surface area contributed by atoms with Gasteiger partial charge in [0, 0.05) is 28.5 Å². The topological polar surface area (TPSA) is 49.3 Å². The fourth-order valence-corrected chi connectivity index (χ4v) is 2.87. The number of benzene rings is 2. The molecule has 2 aromatic carbocycles. The van der Waals surface area contributed by atoms with Crippen LogP contribution in [0.3, 0.4) is 0 Å². The van der Waals surface area contributed by atoms with Gasteiger partial charge in [0.15, 0.2) is 0 Å². The number of aliphatic hydroxyl groups is 1. The van der Waals surface area contributed by atoms with Crippen molar-refractivity contribution >= 4 is 35.0 Å². The molecule has 0 aliphatic rings. The first-order valence-electron chi connectivity index (χ1n) is 6.81. The third kappa shape index (κ3) is 4.92. The molecule has 0 saturated heterocycles. The lowest BCUT2D eigenvalue weighted by atomic mass is 10.2. The van der Waals surface area contributed by atoms with Crippen LogP contribution in [0.4, 0.5) is 14.5 Å². The highest BCUT2D eigenvalue weighted by Crippen LogP contribution is 2.25. The number of carbonyl (C=O) groups excluding carboxylic acids is 1. The number of halogens is 3. The van der Waals surface area contributed by atoms with Crippen molar-refractivity contribution in [2.75, 3.05) is 17.7 Å². The predicted molar refractivity (Wildman–Crippen MR) is 88.2 cm³/mol. The zero-order valence-electron chi connectivity index (χ0n) is 12.0. The number of hydrogen-bond donors (Lipinski definition) is 2. The molecule has 0 aromatic heterocycles. The van der Waals surface area contributed by atoms with Crippen molar-refractivity contribution in [2.45, 2.75) is 11.3 Å². The van der Waals surface area contributed by atoms with E-state index in [1.807, 2.05) is 0 Å². The van der Waals surface area contributed by atoms with E-state index in [1.165, 1.54) is 42.1 Å². The molecular weight excluding hydrogens is 344 g/mol. The van der Waals surface area contributed by atoms with Crippen LogP contribution in [0.1, 0.15) is 16.8 Å². The van der Waals surface area contributed by atoms with Gasteiger partial charge in [0.25, 0.3) is 5.91 Å². The van der Waals surface area contributed by atoms with Gasteiger partial charge in [-0.15, -0.1) is 11.8 Å². The van der Waals surface area contributed by atoms with Crippen LogP contribution >= 0.6 is 23.4 Å². The summed E-state index contributed by atoms with van der Waals surface area (Å²) in [6.07, 6.45) is 0.536. The van der Waals surface area contributed by atoms with E-state index < -0.39 is 17.5 Å². The number of aliphatic hydroxyl groups excluding tert-OH is 1. The molecule has 0 atom stereocenters. The van der Waals surface area contributed by atoms with Crippen molar-refractivity contribution < 1.29 is 18.7 Å². The number of carbonyl (C=O) groups is 1. The molecule has 0 spiro atoms. The molecule has 0 bridgehead atoms. The molecule has 2 N–H and O–H groups in total. The Morgan fingerprint density at radius 3 is 2.61 bits per heavy atom. The summed E-state index contributed by atoms with van der Waals surface area (Å²) in [4.78, 5) is 12.5. The van der Waals surface area contributed by atoms with Crippen molar-refractivity contribution in [2.24, 2.45) is 0 Å². The predicted octanol–water partition coefficient (Wildman–Crippen LogP) is 4.35. The molecule has 3 nitrogen and oxygen atoms in total. The minimum atomic E-state index is -0.575. The molecule has 122 valence electrons. The molecule has 0 radical (unpaired) electrons. The van der Waals surface area contributed by atoms with Crippen LogP contribution in [-0.2, 0) is 0 Å². The Labute approximate surface area is 141 Å². The number of nitrogens with one attached hydrogen (secondary N) is 1. The monoisotopic (exact) mass is 357 g/mol. The molecule has 0 aliphatic heterocycles. The third-order valence-corrected chi connectivity index (χ3v) is 4.34. The highest BCUT2D eigenvalue weighted by Gasteiger charge is 2.11. The molecule has 1 amide bonds. The summed E-state index contributed by atoms with van der Waals surface area (Å²) in [7, 11) is 0. The van der Waals surface area contributed by atoms with Crippen LogP contribution in [0.15, 0.2) is 41.3 Å². The molecular formula is C16H14ClF2NO2S. The van der Waals surface area contributed by atoms with E-state index in [1.54, 1.807) is 0 Å². The summed E-state index contributed by atoms with van der Waals surface area (Å²) in [6, 6.07) is 7.87. The van der Waals surface area contributed by atoms with Gasteiger partial charge in [-0.05, 0) is 42.8 Å². The smallest absolute Gasteiger partial charge is 0.255 e. The van der Waals surface area contributed by atoms with Crippen molar-refractivity contribution in [3.63, 3.8) is 0 Å². The van der Waals surface area contributed by atoms with E-state index >= 15 is 0 Å². The number of thioether (sulfide) groups is 1. The zero-order chi connectivity index (χ0) is 16.8. The lowest BCUT2D eigenvalue weighted by molar-refractivity contribution is 0.102. The zero-order valence-corrected chi connectivity index (χ0v) is 13.6. The second-order valence-electron chi connectivity index (χ2n) is 4.65. The third-order valence-electron chi connectivity index (χ3n) is 2.93. The molecule has 2 aromatic rings. The summed E-state index contributed by atoms with van der Waals surface area (Å²) >= 11 is 6.89. The number of hydrogen-bond acceptors (Lipinski definition) is 3. The van der Waals surface area contributed by atoms with Crippen molar-refractivity contribution in [1.29, 1.82) is 0 Å². The number of rotatable bonds is 6. The maximum Gasteiger partial charge on any atom is 0.255 e. The first kappa shape index (κ1) is 17.7. The van der Waals surface area contributed by atoms with Crippen molar-refractivity contribution in [3.8, 4) is 0 Å². The van der Waals surface area contributed by atoms with Gasteiger partial charge in [-0.1, -0.05) is 11.6 Å². The van der Waals surface area contributed by atoms with E-state index in [9.17, 15) is 13.6 Å². The minimum Gasteiger partial charge on any atom is -0.396 e.